The molecule has 1 aromatic rings. The smallest absolute Gasteiger partial charge is 0.273 e. The van der Waals surface area contributed by atoms with E-state index < -0.39 is 0 Å². The number of piperidine rings is 1. The van der Waals surface area contributed by atoms with Crippen LogP contribution < -0.4 is 5.73 Å². The molecule has 1 amide bonds. The van der Waals surface area contributed by atoms with E-state index in [2.05, 4.69) is 24.0 Å². The van der Waals surface area contributed by atoms with Crippen LogP contribution in [0.5, 0.6) is 0 Å². The van der Waals surface area contributed by atoms with E-state index in [1.54, 1.807) is 0 Å². The van der Waals surface area contributed by atoms with Crippen LogP contribution in [0.4, 0.5) is 0 Å². The van der Waals surface area contributed by atoms with Crippen molar-refractivity contribution in [3.05, 3.63) is 16.1 Å². The van der Waals surface area contributed by atoms with E-state index in [9.17, 15) is 4.79 Å². The second-order valence-corrected chi connectivity index (χ2v) is 6.27. The first kappa shape index (κ1) is 14.4. The lowest BCUT2D eigenvalue weighted by atomic mass is 9.96. The first-order chi connectivity index (χ1) is 9.10. The molecule has 1 saturated heterocycles. The lowest BCUT2D eigenvalue weighted by Crippen LogP contribution is -2.40. The van der Waals surface area contributed by atoms with Crippen molar-refractivity contribution in [1.29, 1.82) is 0 Å². The first-order valence-electron chi connectivity index (χ1n) is 6.68. The lowest BCUT2D eigenvalue weighted by Gasteiger charge is -2.32. The van der Waals surface area contributed by atoms with Crippen molar-refractivity contribution in [2.24, 2.45) is 11.7 Å². The summed E-state index contributed by atoms with van der Waals surface area (Å²) in [5.41, 5.74) is 6.08. The quantitative estimate of drug-likeness (QED) is 0.895. The molecule has 19 heavy (non-hydrogen) atoms. The van der Waals surface area contributed by atoms with Crippen LogP contribution in [0, 0.1) is 5.92 Å². The number of carbonyl (C=O) groups is 1. The van der Waals surface area contributed by atoms with Gasteiger partial charge in [0.05, 0.1) is 0 Å². The average Bonchev–Trinajstić information content (AvgIpc) is 2.87. The van der Waals surface area contributed by atoms with Gasteiger partial charge in [0.1, 0.15) is 10.7 Å². The van der Waals surface area contributed by atoms with Gasteiger partial charge in [0.2, 0.25) is 0 Å². The molecular weight excluding hydrogens is 260 g/mol. The Morgan fingerprint density at radius 2 is 2.21 bits per heavy atom. The molecule has 0 atom stereocenters. The molecule has 0 spiro atoms. The molecular formula is C13H22N4OS. The zero-order valence-electron chi connectivity index (χ0n) is 11.6. The summed E-state index contributed by atoms with van der Waals surface area (Å²) >= 11 is 1.46. The van der Waals surface area contributed by atoms with Crippen LogP contribution in [0.3, 0.4) is 0 Å². The van der Waals surface area contributed by atoms with E-state index in [1.807, 2.05) is 10.3 Å². The number of amides is 1. The normalized spacial score (nSPS) is 17.2. The monoisotopic (exact) mass is 282 g/mol. The van der Waals surface area contributed by atoms with Gasteiger partial charge in [0.15, 0.2) is 0 Å². The number of nitrogens with two attached hydrogens (primary N) is 1. The number of likely N-dealkylation sites (tertiary alicyclic amines) is 1. The number of rotatable bonds is 4. The van der Waals surface area contributed by atoms with Crippen molar-refractivity contribution in [3.63, 3.8) is 0 Å². The van der Waals surface area contributed by atoms with Crippen LogP contribution in [-0.2, 0) is 6.54 Å². The minimum absolute atomic E-state index is 0.0549. The summed E-state index contributed by atoms with van der Waals surface area (Å²) in [6.07, 6.45) is 2.16. The molecule has 0 saturated carbocycles. The molecule has 0 radical (unpaired) electrons. The fourth-order valence-electron chi connectivity index (χ4n) is 2.50. The van der Waals surface area contributed by atoms with E-state index in [-0.39, 0.29) is 5.91 Å². The second kappa shape index (κ2) is 6.45. The van der Waals surface area contributed by atoms with E-state index in [1.165, 1.54) is 11.3 Å². The van der Waals surface area contributed by atoms with Gasteiger partial charge in [-0.3, -0.25) is 4.79 Å². The third-order valence-electron chi connectivity index (χ3n) is 3.47. The minimum Gasteiger partial charge on any atom is -0.337 e. The molecule has 1 aliphatic heterocycles. The highest BCUT2D eigenvalue weighted by Crippen LogP contribution is 2.20. The number of hydrogen-bond acceptors (Lipinski definition) is 5. The Balaban J connectivity index is 1.88. The average molecular weight is 282 g/mol. The van der Waals surface area contributed by atoms with E-state index in [0.717, 1.165) is 37.5 Å². The molecule has 0 aromatic carbocycles. The lowest BCUT2D eigenvalue weighted by molar-refractivity contribution is 0.0672. The van der Waals surface area contributed by atoms with Crippen molar-refractivity contribution in [2.45, 2.75) is 19.4 Å². The van der Waals surface area contributed by atoms with Crippen LogP contribution in [0.2, 0.25) is 0 Å². The SMILES string of the molecule is CN(C)CC1CCN(C(=O)c2csc(CN)n2)CC1. The zero-order chi connectivity index (χ0) is 13.8. The summed E-state index contributed by atoms with van der Waals surface area (Å²) in [5, 5.41) is 2.64. The van der Waals surface area contributed by atoms with Crippen LogP contribution >= 0.6 is 11.3 Å². The minimum atomic E-state index is 0.0549. The fraction of sp³-hybridized carbons (Fsp3) is 0.692. The second-order valence-electron chi connectivity index (χ2n) is 5.33. The molecule has 0 bridgehead atoms. The van der Waals surface area contributed by atoms with Gasteiger partial charge in [0, 0.05) is 31.6 Å². The molecule has 5 nitrogen and oxygen atoms in total. The predicted octanol–water partition coefficient (Wildman–Crippen LogP) is 1.02. The third-order valence-corrected chi connectivity index (χ3v) is 4.34. The van der Waals surface area contributed by atoms with Gasteiger partial charge in [-0.15, -0.1) is 11.3 Å². The largest absolute Gasteiger partial charge is 0.337 e. The van der Waals surface area contributed by atoms with Crippen molar-refractivity contribution < 1.29 is 4.79 Å². The van der Waals surface area contributed by atoms with Crippen LogP contribution in [-0.4, -0.2) is 54.4 Å². The van der Waals surface area contributed by atoms with E-state index in [0.29, 0.717) is 18.2 Å². The highest BCUT2D eigenvalue weighted by Gasteiger charge is 2.25. The maximum Gasteiger partial charge on any atom is 0.273 e. The Morgan fingerprint density at radius 3 is 2.74 bits per heavy atom. The predicted molar refractivity (Wildman–Crippen MR) is 77.2 cm³/mol. The maximum absolute atomic E-state index is 12.3. The Labute approximate surface area is 118 Å². The summed E-state index contributed by atoms with van der Waals surface area (Å²) in [5.74, 6) is 0.758. The molecule has 106 valence electrons. The molecule has 0 aliphatic carbocycles. The molecule has 0 unspecified atom stereocenters. The summed E-state index contributed by atoms with van der Waals surface area (Å²) in [6, 6.07) is 0. The van der Waals surface area contributed by atoms with Gasteiger partial charge in [-0.2, -0.15) is 0 Å². The van der Waals surface area contributed by atoms with Crippen LogP contribution in [0.1, 0.15) is 28.3 Å². The summed E-state index contributed by atoms with van der Waals surface area (Å²) < 4.78 is 0. The highest BCUT2D eigenvalue weighted by molar-refractivity contribution is 7.09. The van der Waals surface area contributed by atoms with Gasteiger partial charge in [-0.25, -0.2) is 4.98 Å². The fourth-order valence-corrected chi connectivity index (χ4v) is 3.15. The molecule has 6 heteroatoms. The first-order valence-corrected chi connectivity index (χ1v) is 7.56. The standard InChI is InChI=1S/C13H22N4OS/c1-16(2)8-10-3-5-17(6-4-10)13(18)11-9-19-12(7-14)15-11/h9-10H,3-8,14H2,1-2H3. The molecule has 1 aliphatic rings. The Hall–Kier alpha value is -0.980. The van der Waals surface area contributed by atoms with Crippen molar-refractivity contribution in [2.75, 3.05) is 33.7 Å². The summed E-state index contributed by atoms with van der Waals surface area (Å²) in [7, 11) is 4.20. The number of nitrogens with zero attached hydrogens (tertiary/aromatic N) is 3. The summed E-state index contributed by atoms with van der Waals surface area (Å²) in [6.45, 7) is 3.19. The van der Waals surface area contributed by atoms with Gasteiger partial charge in [0.25, 0.3) is 5.91 Å². The van der Waals surface area contributed by atoms with E-state index in [4.69, 9.17) is 5.73 Å². The van der Waals surface area contributed by atoms with Crippen LogP contribution in [0.15, 0.2) is 5.38 Å². The van der Waals surface area contributed by atoms with Gasteiger partial charge < -0.3 is 15.5 Å². The van der Waals surface area contributed by atoms with Crippen LogP contribution in [0.25, 0.3) is 0 Å². The number of carbonyl (C=O) groups excluding carboxylic acids is 1. The van der Waals surface area contributed by atoms with Gasteiger partial charge in [-0.1, -0.05) is 0 Å². The highest BCUT2D eigenvalue weighted by atomic mass is 32.1. The zero-order valence-corrected chi connectivity index (χ0v) is 12.4. The van der Waals surface area contributed by atoms with Crippen molar-refractivity contribution >= 4 is 17.2 Å². The van der Waals surface area contributed by atoms with Gasteiger partial charge >= 0.3 is 0 Å². The number of hydrogen-bond donors (Lipinski definition) is 1. The third kappa shape index (κ3) is 3.75. The number of thiazole rings is 1. The topological polar surface area (TPSA) is 62.5 Å². The molecule has 1 aromatic heterocycles. The van der Waals surface area contributed by atoms with Crippen molar-refractivity contribution in [3.8, 4) is 0 Å². The molecule has 2 rings (SSSR count). The molecule has 2 heterocycles. The molecule has 1 fully saturated rings. The maximum atomic E-state index is 12.3. The Morgan fingerprint density at radius 1 is 1.53 bits per heavy atom. The van der Waals surface area contributed by atoms with Crippen molar-refractivity contribution in [1.82, 2.24) is 14.8 Å². The number of aromatic nitrogens is 1. The Bertz CT molecular complexity index is 424. The molecule has 2 N–H and O–H groups in total. The van der Waals surface area contributed by atoms with Gasteiger partial charge in [-0.05, 0) is 32.9 Å². The van der Waals surface area contributed by atoms with E-state index >= 15 is 0 Å². The summed E-state index contributed by atoms with van der Waals surface area (Å²) in [4.78, 5) is 20.7. The Kier molecular flexibility index (Phi) is 4.90.